The lowest BCUT2D eigenvalue weighted by atomic mass is 10.2. The summed E-state index contributed by atoms with van der Waals surface area (Å²) in [6.45, 7) is 2.62. The molecular formula is C25H24FN3O3S. The minimum atomic E-state index is -0.360. The number of rotatable bonds is 10. The highest BCUT2D eigenvalue weighted by Gasteiger charge is 2.18. The number of hydrogen-bond acceptors (Lipinski definition) is 6. The molecule has 170 valence electrons. The molecule has 0 bridgehead atoms. The van der Waals surface area contributed by atoms with Crippen LogP contribution in [0.4, 0.5) is 4.39 Å². The predicted molar refractivity (Wildman–Crippen MR) is 126 cm³/mol. The first-order chi connectivity index (χ1) is 16.2. The van der Waals surface area contributed by atoms with E-state index in [4.69, 9.17) is 14.2 Å². The molecule has 1 aromatic heterocycles. The molecule has 1 heterocycles. The van der Waals surface area contributed by atoms with E-state index in [1.165, 1.54) is 17.8 Å². The van der Waals surface area contributed by atoms with Crippen LogP contribution >= 0.6 is 11.8 Å². The van der Waals surface area contributed by atoms with E-state index in [-0.39, 0.29) is 12.4 Å². The molecule has 0 radical (unpaired) electrons. The van der Waals surface area contributed by atoms with Crippen LogP contribution in [-0.4, -0.2) is 34.2 Å². The zero-order valence-electron chi connectivity index (χ0n) is 18.4. The van der Waals surface area contributed by atoms with Crippen LogP contribution in [0, 0.1) is 12.7 Å². The van der Waals surface area contributed by atoms with Gasteiger partial charge in [-0.25, -0.2) is 4.39 Å². The van der Waals surface area contributed by atoms with Crippen molar-refractivity contribution in [1.29, 1.82) is 0 Å². The third-order valence-corrected chi connectivity index (χ3v) is 5.78. The first-order valence-electron chi connectivity index (χ1n) is 10.4. The number of nitrogens with zero attached hydrogens (tertiary/aromatic N) is 3. The Kier molecular flexibility index (Phi) is 7.47. The van der Waals surface area contributed by atoms with Gasteiger partial charge in [0.15, 0.2) is 11.0 Å². The number of aryl methyl sites for hydroxylation is 1. The molecule has 3 aromatic carbocycles. The van der Waals surface area contributed by atoms with Gasteiger partial charge in [0.25, 0.3) is 0 Å². The summed E-state index contributed by atoms with van der Waals surface area (Å²) in [6.07, 6.45) is 0. The maximum absolute atomic E-state index is 14.6. The molecule has 0 saturated carbocycles. The molecule has 33 heavy (non-hydrogen) atoms. The maximum atomic E-state index is 14.6. The summed E-state index contributed by atoms with van der Waals surface area (Å²) in [5, 5.41) is 9.13. The summed E-state index contributed by atoms with van der Waals surface area (Å²) < 4.78 is 33.3. The monoisotopic (exact) mass is 465 g/mol. The van der Waals surface area contributed by atoms with E-state index in [0.29, 0.717) is 34.8 Å². The summed E-state index contributed by atoms with van der Waals surface area (Å²) in [5.41, 5.74) is 1.45. The predicted octanol–water partition coefficient (Wildman–Crippen LogP) is 5.47. The summed E-state index contributed by atoms with van der Waals surface area (Å²) >= 11 is 1.45. The molecule has 0 unspecified atom stereocenters. The van der Waals surface area contributed by atoms with Gasteiger partial charge in [0.1, 0.15) is 29.7 Å². The fourth-order valence-corrected chi connectivity index (χ4v) is 3.97. The van der Waals surface area contributed by atoms with Gasteiger partial charge in [-0.2, -0.15) is 0 Å². The van der Waals surface area contributed by atoms with Crippen molar-refractivity contribution in [2.45, 2.75) is 18.7 Å². The van der Waals surface area contributed by atoms with E-state index in [9.17, 15) is 4.39 Å². The molecule has 0 N–H and O–H groups in total. The van der Waals surface area contributed by atoms with Gasteiger partial charge in [-0.05, 0) is 55.0 Å². The van der Waals surface area contributed by atoms with E-state index in [0.717, 1.165) is 17.1 Å². The molecular weight excluding hydrogens is 441 g/mol. The zero-order valence-corrected chi connectivity index (χ0v) is 19.2. The fourth-order valence-electron chi connectivity index (χ4n) is 3.19. The van der Waals surface area contributed by atoms with E-state index in [1.54, 1.807) is 42.0 Å². The lowest BCUT2D eigenvalue weighted by Crippen LogP contribution is -2.09. The van der Waals surface area contributed by atoms with Crippen LogP contribution in [0.2, 0.25) is 0 Å². The molecule has 0 aliphatic carbocycles. The molecule has 0 spiro atoms. The molecule has 4 aromatic rings. The molecule has 0 atom stereocenters. The van der Waals surface area contributed by atoms with Crippen molar-refractivity contribution in [2.24, 2.45) is 0 Å². The Morgan fingerprint density at radius 3 is 2.36 bits per heavy atom. The van der Waals surface area contributed by atoms with Gasteiger partial charge in [-0.1, -0.05) is 42.1 Å². The van der Waals surface area contributed by atoms with Crippen LogP contribution in [0.15, 0.2) is 78.0 Å². The second-order valence-electron chi connectivity index (χ2n) is 7.11. The van der Waals surface area contributed by atoms with Crippen molar-refractivity contribution in [3.63, 3.8) is 0 Å². The maximum Gasteiger partial charge on any atom is 0.196 e. The Labute approximate surface area is 196 Å². The van der Waals surface area contributed by atoms with E-state index >= 15 is 0 Å². The van der Waals surface area contributed by atoms with Crippen molar-refractivity contribution in [3.05, 3.63) is 90.0 Å². The number of thioether (sulfide) groups is 1. The molecule has 0 amide bonds. The van der Waals surface area contributed by atoms with Gasteiger partial charge in [0, 0.05) is 5.75 Å². The van der Waals surface area contributed by atoms with Crippen molar-refractivity contribution in [2.75, 3.05) is 19.5 Å². The molecule has 6 nitrogen and oxygen atoms in total. The summed E-state index contributed by atoms with van der Waals surface area (Å²) in [6, 6.07) is 21.7. The van der Waals surface area contributed by atoms with Gasteiger partial charge < -0.3 is 14.2 Å². The third kappa shape index (κ3) is 5.64. The van der Waals surface area contributed by atoms with Crippen LogP contribution in [0.3, 0.4) is 0 Å². The number of methoxy groups -OCH3 is 1. The fraction of sp³-hybridized carbons (Fsp3) is 0.200. The van der Waals surface area contributed by atoms with Crippen LogP contribution < -0.4 is 14.2 Å². The van der Waals surface area contributed by atoms with Crippen molar-refractivity contribution >= 4 is 11.8 Å². The second-order valence-corrected chi connectivity index (χ2v) is 8.17. The Hall–Kier alpha value is -3.52. The lowest BCUT2D eigenvalue weighted by Gasteiger charge is -2.12. The van der Waals surface area contributed by atoms with Crippen molar-refractivity contribution in [3.8, 4) is 22.9 Å². The largest absolute Gasteiger partial charge is 0.497 e. The average Bonchev–Trinajstić information content (AvgIpc) is 3.24. The second kappa shape index (κ2) is 10.9. The Balaban J connectivity index is 1.48. The zero-order chi connectivity index (χ0) is 23.0. The minimum Gasteiger partial charge on any atom is -0.497 e. The topological polar surface area (TPSA) is 58.4 Å². The minimum absolute atomic E-state index is 0.133. The SMILES string of the molecule is COc1ccc(OCc2nnc(SCCOc3ccccc3C)n2-c2ccccc2F)cc1. The smallest absolute Gasteiger partial charge is 0.196 e. The molecule has 0 fully saturated rings. The van der Waals surface area contributed by atoms with Gasteiger partial charge in [0.05, 0.1) is 19.4 Å². The van der Waals surface area contributed by atoms with Crippen molar-refractivity contribution in [1.82, 2.24) is 14.8 Å². The van der Waals surface area contributed by atoms with Crippen LogP contribution in [0.25, 0.3) is 5.69 Å². The van der Waals surface area contributed by atoms with Gasteiger partial charge in [-0.15, -0.1) is 10.2 Å². The standard InChI is InChI=1S/C25H24FN3O3S/c1-18-7-3-6-10-23(18)31-15-16-33-25-28-27-24(29(25)22-9-5-4-8-21(22)26)17-32-20-13-11-19(30-2)12-14-20/h3-14H,15-17H2,1-2H3. The van der Waals surface area contributed by atoms with Gasteiger partial charge in [-0.3, -0.25) is 4.57 Å². The number of benzene rings is 3. The average molecular weight is 466 g/mol. The number of ether oxygens (including phenoxy) is 3. The number of hydrogen-bond donors (Lipinski definition) is 0. The van der Waals surface area contributed by atoms with E-state index in [1.807, 2.05) is 43.3 Å². The molecule has 0 saturated heterocycles. The quantitative estimate of drug-likeness (QED) is 0.229. The molecule has 4 rings (SSSR count). The Bertz CT molecular complexity index is 1200. The normalized spacial score (nSPS) is 10.8. The van der Waals surface area contributed by atoms with Crippen LogP contribution in [0.1, 0.15) is 11.4 Å². The van der Waals surface area contributed by atoms with Gasteiger partial charge >= 0.3 is 0 Å². The summed E-state index contributed by atoms with van der Waals surface area (Å²) in [7, 11) is 1.61. The van der Waals surface area contributed by atoms with E-state index < -0.39 is 0 Å². The highest BCUT2D eigenvalue weighted by atomic mass is 32.2. The highest BCUT2D eigenvalue weighted by Crippen LogP contribution is 2.26. The van der Waals surface area contributed by atoms with E-state index in [2.05, 4.69) is 10.2 Å². The number of para-hydroxylation sites is 2. The number of aromatic nitrogens is 3. The third-order valence-electron chi connectivity index (χ3n) is 4.89. The highest BCUT2D eigenvalue weighted by molar-refractivity contribution is 7.99. The van der Waals surface area contributed by atoms with Crippen molar-refractivity contribution < 1.29 is 18.6 Å². The molecule has 0 aliphatic heterocycles. The Morgan fingerprint density at radius 1 is 0.879 bits per heavy atom. The summed E-state index contributed by atoms with van der Waals surface area (Å²) in [5.74, 6) is 3.00. The molecule has 0 aliphatic rings. The first kappa shape index (κ1) is 22.7. The lowest BCUT2D eigenvalue weighted by molar-refractivity contribution is 0.292. The number of halogens is 1. The Morgan fingerprint density at radius 2 is 1.61 bits per heavy atom. The molecule has 8 heteroatoms. The van der Waals surface area contributed by atoms with Gasteiger partial charge in [0.2, 0.25) is 0 Å². The van der Waals surface area contributed by atoms with Crippen LogP contribution in [-0.2, 0) is 6.61 Å². The van der Waals surface area contributed by atoms with Crippen LogP contribution in [0.5, 0.6) is 17.2 Å². The first-order valence-corrected chi connectivity index (χ1v) is 11.4. The summed E-state index contributed by atoms with van der Waals surface area (Å²) in [4.78, 5) is 0.